The monoisotopic (exact) mass is 239 g/mol. The van der Waals surface area contributed by atoms with Gasteiger partial charge in [-0.1, -0.05) is 17.7 Å². The average Bonchev–Trinajstić information content (AvgIpc) is 3.02. The molecule has 1 saturated carbocycles. The van der Waals surface area contributed by atoms with Crippen molar-refractivity contribution in [1.82, 2.24) is 0 Å². The zero-order valence-corrected chi connectivity index (χ0v) is 9.86. The summed E-state index contributed by atoms with van der Waals surface area (Å²) in [4.78, 5) is 14.2. The Balaban J connectivity index is 2.63. The molecule has 1 aromatic rings. The molecule has 2 nitrogen and oxygen atoms in total. The maximum absolute atomic E-state index is 13.8. The van der Waals surface area contributed by atoms with Crippen LogP contribution in [0.25, 0.3) is 0 Å². The van der Waals surface area contributed by atoms with E-state index in [4.69, 9.17) is 11.6 Å². The first-order valence-corrected chi connectivity index (χ1v) is 5.44. The van der Waals surface area contributed by atoms with Gasteiger partial charge in [-0.2, -0.15) is 4.99 Å². The zero-order valence-electron chi connectivity index (χ0n) is 9.10. The summed E-state index contributed by atoms with van der Waals surface area (Å²) < 4.78 is 13.8. The minimum atomic E-state index is -0.540. The molecule has 84 valence electrons. The first kappa shape index (κ1) is 11.3. The number of aryl methyl sites for hydroxylation is 1. The van der Waals surface area contributed by atoms with Crippen LogP contribution in [0, 0.1) is 19.7 Å². The summed E-state index contributed by atoms with van der Waals surface area (Å²) in [5, 5.41) is 0.145. The van der Waals surface area contributed by atoms with E-state index in [9.17, 15) is 9.18 Å². The first-order chi connectivity index (χ1) is 7.52. The summed E-state index contributed by atoms with van der Waals surface area (Å²) in [5.74, 6) is -0.413. The number of carbonyl (C=O) groups excluding carboxylic acids is 1. The van der Waals surface area contributed by atoms with E-state index in [0.717, 1.165) is 18.4 Å². The summed E-state index contributed by atoms with van der Waals surface area (Å²) in [6, 6.07) is 1.81. The number of aliphatic imine (C=N–C) groups is 1. The van der Waals surface area contributed by atoms with Crippen molar-refractivity contribution in [2.75, 3.05) is 0 Å². The van der Waals surface area contributed by atoms with Crippen molar-refractivity contribution >= 4 is 17.7 Å². The van der Waals surface area contributed by atoms with Gasteiger partial charge in [-0.15, -0.1) is 0 Å². The summed E-state index contributed by atoms with van der Waals surface area (Å²) in [5.41, 5.74) is 1.37. The molecule has 1 aliphatic rings. The van der Waals surface area contributed by atoms with Gasteiger partial charge in [0.15, 0.2) is 0 Å². The number of nitrogens with zero attached hydrogens (tertiary/aromatic N) is 1. The third-order valence-corrected chi connectivity index (χ3v) is 3.58. The molecule has 4 heteroatoms. The number of benzene rings is 1. The molecule has 1 aromatic carbocycles. The molecule has 0 amide bonds. The lowest BCUT2D eigenvalue weighted by Gasteiger charge is -2.15. The van der Waals surface area contributed by atoms with Crippen molar-refractivity contribution in [3.8, 4) is 0 Å². The second-order valence-electron chi connectivity index (χ2n) is 4.23. The Morgan fingerprint density at radius 3 is 2.62 bits per heavy atom. The van der Waals surface area contributed by atoms with E-state index in [0.29, 0.717) is 11.1 Å². The summed E-state index contributed by atoms with van der Waals surface area (Å²) in [6.45, 7) is 3.41. The largest absolute Gasteiger partial charge is 0.235 e. The molecule has 0 saturated heterocycles. The molecule has 0 radical (unpaired) electrons. The van der Waals surface area contributed by atoms with Crippen LogP contribution in [-0.2, 0) is 10.3 Å². The lowest BCUT2D eigenvalue weighted by molar-refractivity contribution is 0.554. The van der Waals surface area contributed by atoms with E-state index in [1.165, 1.54) is 0 Å². The fourth-order valence-electron chi connectivity index (χ4n) is 1.97. The molecule has 1 aliphatic carbocycles. The van der Waals surface area contributed by atoms with Crippen LogP contribution >= 0.6 is 11.6 Å². The van der Waals surface area contributed by atoms with Gasteiger partial charge in [0.2, 0.25) is 6.08 Å². The van der Waals surface area contributed by atoms with E-state index in [1.807, 2.05) is 6.07 Å². The van der Waals surface area contributed by atoms with Crippen LogP contribution in [-0.4, -0.2) is 6.08 Å². The van der Waals surface area contributed by atoms with Crippen LogP contribution < -0.4 is 0 Å². The van der Waals surface area contributed by atoms with Crippen molar-refractivity contribution in [3.05, 3.63) is 33.6 Å². The molecule has 16 heavy (non-hydrogen) atoms. The van der Waals surface area contributed by atoms with Crippen LogP contribution in [0.2, 0.25) is 5.02 Å². The van der Waals surface area contributed by atoms with Gasteiger partial charge in [-0.25, -0.2) is 9.18 Å². The van der Waals surface area contributed by atoms with Crippen molar-refractivity contribution in [2.45, 2.75) is 32.2 Å². The average molecular weight is 240 g/mol. The van der Waals surface area contributed by atoms with Crippen molar-refractivity contribution in [1.29, 1.82) is 0 Å². The minimum Gasteiger partial charge on any atom is -0.211 e. The highest BCUT2D eigenvalue weighted by atomic mass is 35.5. The highest BCUT2D eigenvalue weighted by molar-refractivity contribution is 6.31. The smallest absolute Gasteiger partial charge is 0.211 e. The standard InChI is InChI=1S/C12H11ClFNO/c1-7-5-9(8(2)11(14)10(7)13)12(3-4-12)15-6-16/h5H,3-4H2,1-2H3. The van der Waals surface area contributed by atoms with Crippen LogP contribution in [0.3, 0.4) is 0 Å². The Morgan fingerprint density at radius 1 is 1.50 bits per heavy atom. The Hall–Kier alpha value is -1.18. The Kier molecular flexibility index (Phi) is 2.61. The minimum absolute atomic E-state index is 0.145. The van der Waals surface area contributed by atoms with Crippen molar-refractivity contribution < 1.29 is 9.18 Å². The number of isocyanates is 1. The van der Waals surface area contributed by atoms with E-state index >= 15 is 0 Å². The Labute approximate surface area is 98.1 Å². The van der Waals surface area contributed by atoms with Crippen molar-refractivity contribution in [2.24, 2.45) is 4.99 Å². The fourth-order valence-corrected chi connectivity index (χ4v) is 2.17. The highest BCUT2D eigenvalue weighted by Gasteiger charge is 2.46. The van der Waals surface area contributed by atoms with Crippen LogP contribution in [0.15, 0.2) is 11.1 Å². The van der Waals surface area contributed by atoms with Crippen molar-refractivity contribution in [3.63, 3.8) is 0 Å². The molecule has 2 rings (SSSR count). The highest BCUT2D eigenvalue weighted by Crippen LogP contribution is 2.51. The number of hydrogen-bond acceptors (Lipinski definition) is 2. The van der Waals surface area contributed by atoms with Gasteiger partial charge in [0.05, 0.1) is 10.6 Å². The number of rotatable bonds is 2. The normalized spacial score (nSPS) is 16.8. The summed E-state index contributed by atoms with van der Waals surface area (Å²) >= 11 is 5.82. The van der Waals surface area contributed by atoms with E-state index in [2.05, 4.69) is 4.99 Å². The SMILES string of the molecule is Cc1cc(C2(N=C=O)CC2)c(C)c(F)c1Cl. The summed E-state index contributed by atoms with van der Waals surface area (Å²) in [7, 11) is 0. The van der Waals surface area contributed by atoms with E-state index in [-0.39, 0.29) is 5.02 Å². The van der Waals surface area contributed by atoms with Crippen LogP contribution in [0.4, 0.5) is 4.39 Å². The molecular weight excluding hydrogens is 229 g/mol. The number of halogens is 2. The first-order valence-electron chi connectivity index (χ1n) is 5.06. The molecule has 0 spiro atoms. The van der Waals surface area contributed by atoms with Gasteiger partial charge < -0.3 is 0 Å². The lowest BCUT2D eigenvalue weighted by atomic mass is 9.97. The lowest BCUT2D eigenvalue weighted by Crippen LogP contribution is -2.07. The third-order valence-electron chi connectivity index (χ3n) is 3.12. The molecule has 0 atom stereocenters. The predicted octanol–water partition coefficient (Wildman–Crippen LogP) is 3.42. The maximum atomic E-state index is 13.8. The van der Waals surface area contributed by atoms with Gasteiger partial charge in [0.1, 0.15) is 5.82 Å². The third kappa shape index (κ3) is 1.57. The van der Waals surface area contributed by atoms with Gasteiger partial charge in [-0.05, 0) is 43.4 Å². The second kappa shape index (κ2) is 3.69. The molecule has 0 aromatic heterocycles. The number of hydrogen-bond donors (Lipinski definition) is 0. The van der Waals surface area contributed by atoms with E-state index in [1.54, 1.807) is 19.9 Å². The molecule has 0 N–H and O–H groups in total. The second-order valence-corrected chi connectivity index (χ2v) is 4.61. The van der Waals surface area contributed by atoms with E-state index < -0.39 is 11.4 Å². The van der Waals surface area contributed by atoms with Gasteiger partial charge in [0, 0.05) is 0 Å². The van der Waals surface area contributed by atoms with Crippen LogP contribution in [0.1, 0.15) is 29.5 Å². The predicted molar refractivity (Wildman–Crippen MR) is 59.9 cm³/mol. The van der Waals surface area contributed by atoms with Gasteiger partial charge >= 0.3 is 0 Å². The Morgan fingerprint density at radius 2 is 2.12 bits per heavy atom. The molecule has 1 fully saturated rings. The Bertz CT molecular complexity index is 502. The summed E-state index contributed by atoms with van der Waals surface area (Å²) in [6.07, 6.45) is 3.10. The molecule has 0 aliphatic heterocycles. The maximum Gasteiger partial charge on any atom is 0.235 e. The fraction of sp³-hybridized carbons (Fsp3) is 0.417. The topological polar surface area (TPSA) is 29.4 Å². The molecule has 0 bridgehead atoms. The molecule has 0 heterocycles. The quantitative estimate of drug-likeness (QED) is 0.574. The van der Waals surface area contributed by atoms with Gasteiger partial charge in [-0.3, -0.25) is 0 Å². The zero-order chi connectivity index (χ0) is 11.9. The van der Waals surface area contributed by atoms with Crippen LogP contribution in [0.5, 0.6) is 0 Å². The molecular formula is C12H11ClFNO. The molecule has 0 unspecified atom stereocenters. The van der Waals surface area contributed by atoms with Gasteiger partial charge in [0.25, 0.3) is 0 Å².